The van der Waals surface area contributed by atoms with Crippen molar-refractivity contribution in [2.75, 3.05) is 42.8 Å². The molecule has 1 saturated carbocycles. The largest absolute Gasteiger partial charge is 0.378 e. The third kappa shape index (κ3) is 5.06. The van der Waals surface area contributed by atoms with Gasteiger partial charge in [0, 0.05) is 36.7 Å². The predicted molar refractivity (Wildman–Crippen MR) is 114 cm³/mol. The zero-order valence-corrected chi connectivity index (χ0v) is 17.6. The molecule has 160 valence electrons. The summed E-state index contributed by atoms with van der Waals surface area (Å²) in [7, 11) is -3.25. The number of hydrogen-bond donors (Lipinski definition) is 2. The van der Waals surface area contributed by atoms with Gasteiger partial charge in [-0.15, -0.1) is 0 Å². The molecule has 30 heavy (non-hydrogen) atoms. The van der Waals surface area contributed by atoms with Gasteiger partial charge in [-0.25, -0.2) is 23.2 Å². The lowest BCUT2D eigenvalue weighted by Crippen LogP contribution is -2.37. The number of benzene rings is 1. The van der Waals surface area contributed by atoms with Crippen LogP contribution in [0.3, 0.4) is 0 Å². The fourth-order valence-electron chi connectivity index (χ4n) is 3.62. The Hall–Kier alpha value is -2.72. The Morgan fingerprint density at radius 2 is 1.97 bits per heavy atom. The van der Waals surface area contributed by atoms with E-state index in [-0.39, 0.29) is 5.75 Å². The molecule has 2 aromatic rings. The summed E-state index contributed by atoms with van der Waals surface area (Å²) in [6, 6.07) is 6.65. The molecule has 2 heterocycles. The molecule has 1 aromatic heterocycles. The quantitative estimate of drug-likeness (QED) is 0.715. The average Bonchev–Trinajstić information content (AvgIpc) is 3.52. The first-order chi connectivity index (χ1) is 14.3. The molecule has 0 radical (unpaired) electrons. The zero-order chi connectivity index (χ0) is 21.3. The summed E-state index contributed by atoms with van der Waals surface area (Å²) in [5, 5.41) is 2.61. The fourth-order valence-corrected chi connectivity index (χ4v) is 4.30. The van der Waals surface area contributed by atoms with Crippen LogP contribution in [0, 0.1) is 0 Å². The lowest BCUT2D eigenvalue weighted by Gasteiger charge is -2.28. The SMILES string of the molecule is CS(=O)(=O)Cc1cc(N2CCOCC2)nc(-c2ccc(NC(N)=O)cc2C2CC2)n1. The van der Waals surface area contributed by atoms with Crippen LogP contribution in [0.25, 0.3) is 11.4 Å². The third-order valence-electron chi connectivity index (χ3n) is 5.09. The Morgan fingerprint density at radius 3 is 2.60 bits per heavy atom. The van der Waals surface area contributed by atoms with Gasteiger partial charge < -0.3 is 20.7 Å². The molecule has 1 aliphatic carbocycles. The Kier molecular flexibility index (Phi) is 5.61. The molecule has 1 saturated heterocycles. The van der Waals surface area contributed by atoms with E-state index in [4.69, 9.17) is 15.5 Å². The van der Waals surface area contributed by atoms with E-state index in [9.17, 15) is 13.2 Å². The maximum atomic E-state index is 11.9. The molecule has 0 bridgehead atoms. The molecule has 1 aliphatic heterocycles. The normalized spacial score (nSPS) is 17.0. The maximum absolute atomic E-state index is 11.9. The summed E-state index contributed by atoms with van der Waals surface area (Å²) >= 11 is 0. The van der Waals surface area contributed by atoms with Crippen molar-refractivity contribution in [3.8, 4) is 11.4 Å². The van der Waals surface area contributed by atoms with Gasteiger partial charge in [-0.3, -0.25) is 0 Å². The number of amides is 2. The second-order valence-corrected chi connectivity index (χ2v) is 9.92. The Morgan fingerprint density at radius 1 is 1.23 bits per heavy atom. The van der Waals surface area contributed by atoms with Crippen LogP contribution in [0.4, 0.5) is 16.3 Å². The smallest absolute Gasteiger partial charge is 0.316 e. The third-order valence-corrected chi connectivity index (χ3v) is 5.91. The van der Waals surface area contributed by atoms with Gasteiger partial charge in [0.25, 0.3) is 0 Å². The second kappa shape index (κ2) is 8.19. The van der Waals surface area contributed by atoms with Crippen molar-refractivity contribution in [3.05, 3.63) is 35.5 Å². The highest BCUT2D eigenvalue weighted by Crippen LogP contribution is 2.45. The molecular formula is C20H25N5O4S. The summed E-state index contributed by atoms with van der Waals surface area (Å²) in [4.78, 5) is 22.7. The van der Waals surface area contributed by atoms with E-state index < -0.39 is 15.9 Å². The topological polar surface area (TPSA) is 128 Å². The summed E-state index contributed by atoms with van der Waals surface area (Å²) in [5.74, 6) is 1.40. The number of nitrogens with one attached hydrogen (secondary N) is 1. The van der Waals surface area contributed by atoms with Crippen molar-refractivity contribution < 1.29 is 17.9 Å². The van der Waals surface area contributed by atoms with Gasteiger partial charge in [0.15, 0.2) is 15.7 Å². The summed E-state index contributed by atoms with van der Waals surface area (Å²) in [6.45, 7) is 2.57. The van der Waals surface area contributed by atoms with Crippen LogP contribution < -0.4 is 16.0 Å². The standard InChI is InChI=1S/C20H25N5O4S/c1-30(27,28)12-15-11-18(25-6-8-29-9-7-25)24-19(22-15)16-5-4-14(23-20(21)26)10-17(16)13-2-3-13/h4-5,10-11,13H,2-3,6-9,12H2,1H3,(H3,21,23,26). The molecular weight excluding hydrogens is 406 g/mol. The number of rotatable bonds is 6. The molecule has 2 aliphatic rings. The second-order valence-electron chi connectivity index (χ2n) is 7.78. The van der Waals surface area contributed by atoms with Crippen molar-refractivity contribution in [3.63, 3.8) is 0 Å². The number of sulfone groups is 1. The van der Waals surface area contributed by atoms with Crippen molar-refractivity contribution in [1.29, 1.82) is 0 Å². The molecule has 10 heteroatoms. The number of carbonyl (C=O) groups excluding carboxylic acids is 1. The van der Waals surface area contributed by atoms with Gasteiger partial charge in [0.1, 0.15) is 5.82 Å². The van der Waals surface area contributed by atoms with Crippen LogP contribution >= 0.6 is 0 Å². The van der Waals surface area contributed by atoms with E-state index >= 15 is 0 Å². The molecule has 3 N–H and O–H groups in total. The molecule has 1 aromatic carbocycles. The Labute approximate surface area is 175 Å². The fraction of sp³-hybridized carbons (Fsp3) is 0.450. The first-order valence-electron chi connectivity index (χ1n) is 9.88. The lowest BCUT2D eigenvalue weighted by molar-refractivity contribution is 0.122. The highest BCUT2D eigenvalue weighted by atomic mass is 32.2. The minimum absolute atomic E-state index is 0.153. The molecule has 0 atom stereocenters. The van der Waals surface area contributed by atoms with Crippen LogP contribution in [0.5, 0.6) is 0 Å². The van der Waals surface area contributed by atoms with E-state index in [2.05, 4.69) is 15.2 Å². The monoisotopic (exact) mass is 431 g/mol. The van der Waals surface area contributed by atoms with E-state index in [0.717, 1.165) is 24.0 Å². The summed E-state index contributed by atoms with van der Waals surface area (Å²) in [6.07, 6.45) is 3.29. The molecule has 2 fully saturated rings. The maximum Gasteiger partial charge on any atom is 0.316 e. The van der Waals surface area contributed by atoms with Crippen molar-refractivity contribution >= 4 is 27.4 Å². The van der Waals surface area contributed by atoms with Crippen molar-refractivity contribution in [2.45, 2.75) is 24.5 Å². The number of nitrogens with zero attached hydrogens (tertiary/aromatic N) is 3. The number of aromatic nitrogens is 2. The van der Waals surface area contributed by atoms with Gasteiger partial charge in [0.05, 0.1) is 24.7 Å². The number of ether oxygens (including phenoxy) is 1. The first kappa shape index (κ1) is 20.5. The van der Waals surface area contributed by atoms with Crippen LogP contribution in [-0.2, 0) is 20.3 Å². The minimum Gasteiger partial charge on any atom is -0.378 e. The van der Waals surface area contributed by atoms with Crippen molar-refractivity contribution in [1.82, 2.24) is 9.97 Å². The zero-order valence-electron chi connectivity index (χ0n) is 16.8. The molecule has 9 nitrogen and oxygen atoms in total. The number of hydrogen-bond acceptors (Lipinski definition) is 7. The molecule has 4 rings (SSSR count). The molecule has 0 spiro atoms. The first-order valence-corrected chi connectivity index (χ1v) is 11.9. The van der Waals surface area contributed by atoms with Gasteiger partial charge >= 0.3 is 6.03 Å². The summed E-state index contributed by atoms with van der Waals surface area (Å²) in [5.41, 5.74) is 8.21. The highest BCUT2D eigenvalue weighted by molar-refractivity contribution is 7.89. The summed E-state index contributed by atoms with van der Waals surface area (Å²) < 4.78 is 29.3. The lowest BCUT2D eigenvalue weighted by atomic mass is 10.0. The predicted octanol–water partition coefficient (Wildman–Crippen LogP) is 1.89. The number of anilines is 2. The van der Waals surface area contributed by atoms with Crippen LogP contribution in [0.2, 0.25) is 0 Å². The minimum atomic E-state index is -3.25. The van der Waals surface area contributed by atoms with E-state index in [1.807, 2.05) is 12.1 Å². The van der Waals surface area contributed by atoms with Gasteiger partial charge in [-0.1, -0.05) is 0 Å². The molecule has 2 amide bonds. The van der Waals surface area contributed by atoms with Crippen LogP contribution in [-0.4, -0.2) is 57.0 Å². The highest BCUT2D eigenvalue weighted by Gasteiger charge is 2.28. The molecule has 0 unspecified atom stereocenters. The number of urea groups is 1. The Balaban J connectivity index is 1.78. The number of primary amides is 1. The van der Waals surface area contributed by atoms with E-state index in [1.54, 1.807) is 12.1 Å². The van der Waals surface area contributed by atoms with Gasteiger partial charge in [0.2, 0.25) is 0 Å². The van der Waals surface area contributed by atoms with Gasteiger partial charge in [-0.2, -0.15) is 0 Å². The average molecular weight is 432 g/mol. The van der Waals surface area contributed by atoms with Crippen LogP contribution in [0.15, 0.2) is 24.3 Å². The van der Waals surface area contributed by atoms with E-state index in [1.165, 1.54) is 6.26 Å². The van der Waals surface area contributed by atoms with E-state index in [0.29, 0.717) is 55.2 Å². The Bertz CT molecular complexity index is 1060. The van der Waals surface area contributed by atoms with Crippen LogP contribution in [0.1, 0.15) is 30.0 Å². The number of nitrogens with two attached hydrogens (primary N) is 1. The number of carbonyl (C=O) groups is 1. The number of morpholine rings is 1. The van der Waals surface area contributed by atoms with Gasteiger partial charge in [-0.05, 0) is 42.5 Å². The van der Waals surface area contributed by atoms with Crippen molar-refractivity contribution in [2.24, 2.45) is 5.73 Å².